The number of rotatable bonds is 6. The predicted molar refractivity (Wildman–Crippen MR) is 46.6 cm³/mol. The largest absolute Gasteiger partial charge is 0.396 e. The smallest absolute Gasteiger partial charge is 0.0618 e. The van der Waals surface area contributed by atoms with Gasteiger partial charge in [-0.15, -0.1) is 0 Å². The number of aliphatic hydroxyl groups is 1. The third-order valence-electron chi connectivity index (χ3n) is 2.10. The number of methoxy groups -OCH3 is 1. The molecule has 0 rings (SSSR count). The van der Waals surface area contributed by atoms with Gasteiger partial charge in [-0.3, -0.25) is 0 Å². The number of ether oxygens (including phenoxy) is 1. The Kier molecular flexibility index (Phi) is 6.57. The molecule has 2 unspecified atom stereocenters. The van der Waals surface area contributed by atoms with E-state index in [1.165, 1.54) is 12.8 Å². The van der Waals surface area contributed by atoms with E-state index in [9.17, 15) is 0 Å². The van der Waals surface area contributed by atoms with Crippen LogP contribution in [0.25, 0.3) is 0 Å². The molecule has 0 aliphatic rings. The van der Waals surface area contributed by atoms with E-state index in [4.69, 9.17) is 9.84 Å². The number of hydrogen-bond donors (Lipinski definition) is 1. The van der Waals surface area contributed by atoms with Crippen molar-refractivity contribution in [2.75, 3.05) is 13.7 Å². The van der Waals surface area contributed by atoms with E-state index in [0.29, 0.717) is 5.92 Å². The van der Waals surface area contributed by atoms with Crippen molar-refractivity contribution >= 4 is 0 Å². The average Bonchev–Trinajstić information content (AvgIpc) is 2.00. The Labute approximate surface area is 69.6 Å². The van der Waals surface area contributed by atoms with Crippen LogP contribution in [0, 0.1) is 5.92 Å². The average molecular weight is 160 g/mol. The van der Waals surface area contributed by atoms with Crippen LogP contribution in [-0.2, 0) is 4.74 Å². The first-order valence-electron chi connectivity index (χ1n) is 4.39. The summed E-state index contributed by atoms with van der Waals surface area (Å²) in [5.41, 5.74) is 0. The van der Waals surface area contributed by atoms with Gasteiger partial charge in [0.1, 0.15) is 0 Å². The van der Waals surface area contributed by atoms with Crippen LogP contribution < -0.4 is 0 Å². The summed E-state index contributed by atoms with van der Waals surface area (Å²) < 4.78 is 5.25. The Bertz CT molecular complexity index is 83.6. The molecule has 0 amide bonds. The summed E-state index contributed by atoms with van der Waals surface area (Å²) in [5, 5.41) is 8.70. The first-order chi connectivity index (χ1) is 5.26. The molecular weight excluding hydrogens is 140 g/mol. The van der Waals surface area contributed by atoms with E-state index in [0.717, 1.165) is 6.42 Å². The fraction of sp³-hybridized carbons (Fsp3) is 1.00. The van der Waals surface area contributed by atoms with E-state index in [1.54, 1.807) is 7.11 Å². The van der Waals surface area contributed by atoms with Crippen LogP contribution in [0.5, 0.6) is 0 Å². The van der Waals surface area contributed by atoms with Gasteiger partial charge in [0.15, 0.2) is 0 Å². The molecule has 0 fully saturated rings. The second-order valence-corrected chi connectivity index (χ2v) is 3.05. The first-order valence-corrected chi connectivity index (χ1v) is 4.39. The monoisotopic (exact) mass is 160 g/mol. The number of hydrogen-bond acceptors (Lipinski definition) is 2. The molecule has 0 aliphatic carbocycles. The van der Waals surface area contributed by atoms with Crippen LogP contribution in [0.4, 0.5) is 0 Å². The summed E-state index contributed by atoms with van der Waals surface area (Å²) in [4.78, 5) is 0. The van der Waals surface area contributed by atoms with Gasteiger partial charge in [-0.2, -0.15) is 0 Å². The van der Waals surface area contributed by atoms with Crippen LogP contribution in [-0.4, -0.2) is 24.9 Å². The Morgan fingerprint density at radius 2 is 2.00 bits per heavy atom. The van der Waals surface area contributed by atoms with Gasteiger partial charge in [0.25, 0.3) is 0 Å². The molecule has 0 heterocycles. The quantitative estimate of drug-likeness (QED) is 0.642. The molecule has 2 nitrogen and oxygen atoms in total. The molecule has 0 aliphatic heterocycles. The molecule has 0 radical (unpaired) electrons. The lowest BCUT2D eigenvalue weighted by Gasteiger charge is -2.21. The molecule has 0 aromatic heterocycles. The van der Waals surface area contributed by atoms with Gasteiger partial charge in [0, 0.05) is 13.7 Å². The second kappa shape index (κ2) is 6.62. The Morgan fingerprint density at radius 1 is 1.36 bits per heavy atom. The van der Waals surface area contributed by atoms with Gasteiger partial charge in [-0.05, 0) is 18.8 Å². The van der Waals surface area contributed by atoms with Crippen molar-refractivity contribution < 1.29 is 9.84 Å². The van der Waals surface area contributed by atoms with Crippen molar-refractivity contribution in [3.8, 4) is 0 Å². The highest BCUT2D eigenvalue weighted by atomic mass is 16.5. The summed E-state index contributed by atoms with van der Waals surface area (Å²) in [6.45, 7) is 4.57. The molecular formula is C9H20O2. The molecule has 0 saturated heterocycles. The van der Waals surface area contributed by atoms with Crippen molar-refractivity contribution in [3.05, 3.63) is 0 Å². The van der Waals surface area contributed by atoms with E-state index >= 15 is 0 Å². The normalized spacial score (nSPS) is 16.4. The van der Waals surface area contributed by atoms with Crippen LogP contribution in [0.1, 0.15) is 33.1 Å². The highest BCUT2D eigenvalue weighted by Crippen LogP contribution is 2.15. The third kappa shape index (κ3) is 4.38. The summed E-state index contributed by atoms with van der Waals surface area (Å²) >= 11 is 0. The van der Waals surface area contributed by atoms with Gasteiger partial charge in [0.2, 0.25) is 0 Å². The summed E-state index contributed by atoms with van der Waals surface area (Å²) in [7, 11) is 1.71. The Balaban J connectivity index is 3.61. The summed E-state index contributed by atoms with van der Waals surface area (Å²) in [5.74, 6) is 0.567. The van der Waals surface area contributed by atoms with E-state index in [1.807, 2.05) is 0 Å². The zero-order chi connectivity index (χ0) is 8.69. The van der Waals surface area contributed by atoms with Gasteiger partial charge >= 0.3 is 0 Å². The van der Waals surface area contributed by atoms with Crippen molar-refractivity contribution in [2.24, 2.45) is 5.92 Å². The van der Waals surface area contributed by atoms with Crippen LogP contribution >= 0.6 is 0 Å². The molecule has 1 N–H and O–H groups in total. The lowest BCUT2D eigenvalue weighted by atomic mass is 9.97. The Morgan fingerprint density at radius 3 is 2.36 bits per heavy atom. The minimum Gasteiger partial charge on any atom is -0.396 e. The zero-order valence-electron chi connectivity index (χ0n) is 7.84. The fourth-order valence-corrected chi connectivity index (χ4v) is 1.40. The summed E-state index contributed by atoms with van der Waals surface area (Å²) in [6.07, 6.45) is 3.36. The molecule has 2 heteroatoms. The highest BCUT2D eigenvalue weighted by Gasteiger charge is 2.14. The first kappa shape index (κ1) is 10.9. The van der Waals surface area contributed by atoms with E-state index in [-0.39, 0.29) is 12.7 Å². The SMILES string of the molecule is CCCC(C)C(CCO)OC. The molecule has 0 aromatic rings. The predicted octanol–water partition coefficient (Wildman–Crippen LogP) is 1.82. The van der Waals surface area contributed by atoms with Gasteiger partial charge in [0.05, 0.1) is 6.10 Å². The molecule has 68 valence electrons. The fourth-order valence-electron chi connectivity index (χ4n) is 1.40. The maximum atomic E-state index is 8.70. The molecule has 0 bridgehead atoms. The standard InChI is InChI=1S/C9H20O2/c1-4-5-8(2)9(11-3)6-7-10/h8-10H,4-7H2,1-3H3. The lowest BCUT2D eigenvalue weighted by Crippen LogP contribution is -2.21. The summed E-state index contributed by atoms with van der Waals surface area (Å²) in [6, 6.07) is 0. The van der Waals surface area contributed by atoms with Crippen LogP contribution in [0.15, 0.2) is 0 Å². The van der Waals surface area contributed by atoms with Crippen molar-refractivity contribution in [1.82, 2.24) is 0 Å². The molecule has 0 spiro atoms. The van der Waals surface area contributed by atoms with Crippen LogP contribution in [0.3, 0.4) is 0 Å². The molecule has 0 saturated carbocycles. The second-order valence-electron chi connectivity index (χ2n) is 3.05. The Hall–Kier alpha value is -0.0800. The van der Waals surface area contributed by atoms with Crippen LogP contribution in [0.2, 0.25) is 0 Å². The maximum absolute atomic E-state index is 8.70. The topological polar surface area (TPSA) is 29.5 Å². The minimum absolute atomic E-state index is 0.229. The molecule has 2 atom stereocenters. The maximum Gasteiger partial charge on any atom is 0.0618 e. The van der Waals surface area contributed by atoms with Gasteiger partial charge in [-0.25, -0.2) is 0 Å². The lowest BCUT2D eigenvalue weighted by molar-refractivity contribution is 0.0351. The molecule has 0 aromatic carbocycles. The zero-order valence-corrected chi connectivity index (χ0v) is 7.84. The van der Waals surface area contributed by atoms with Gasteiger partial charge < -0.3 is 9.84 Å². The van der Waals surface area contributed by atoms with E-state index in [2.05, 4.69) is 13.8 Å². The van der Waals surface area contributed by atoms with Crippen molar-refractivity contribution in [3.63, 3.8) is 0 Å². The van der Waals surface area contributed by atoms with Gasteiger partial charge in [-0.1, -0.05) is 20.3 Å². The van der Waals surface area contributed by atoms with Crippen molar-refractivity contribution in [1.29, 1.82) is 0 Å². The minimum atomic E-state index is 0.229. The van der Waals surface area contributed by atoms with Crippen molar-refractivity contribution in [2.45, 2.75) is 39.2 Å². The number of aliphatic hydroxyl groups excluding tert-OH is 1. The highest BCUT2D eigenvalue weighted by molar-refractivity contribution is 4.64. The third-order valence-corrected chi connectivity index (χ3v) is 2.10. The molecule has 11 heavy (non-hydrogen) atoms. The van der Waals surface area contributed by atoms with E-state index < -0.39 is 0 Å².